The van der Waals surface area contributed by atoms with Crippen molar-refractivity contribution in [3.05, 3.63) is 119 Å². The highest BCUT2D eigenvalue weighted by atomic mass is 16.3. The van der Waals surface area contributed by atoms with Gasteiger partial charge in [0.05, 0.1) is 23.1 Å². The van der Waals surface area contributed by atoms with Gasteiger partial charge >= 0.3 is 0 Å². The molecule has 0 saturated carbocycles. The first-order valence-electron chi connectivity index (χ1n) is 12.9. The van der Waals surface area contributed by atoms with Gasteiger partial charge < -0.3 is 5.11 Å². The van der Waals surface area contributed by atoms with E-state index in [2.05, 4.69) is 57.5 Å². The van der Waals surface area contributed by atoms with Crippen molar-refractivity contribution in [2.24, 2.45) is 0 Å². The lowest BCUT2D eigenvalue weighted by molar-refractivity contribution is 0.194. The summed E-state index contributed by atoms with van der Waals surface area (Å²) in [4.78, 5) is 16.4. The standard InChI is InChI=1S/C32H38N4O/c1-31(2,3)23-19-26(32(4,5)6)25(29(37)20-23)22-36(21-24-13-7-10-16-33-24)30(27-14-8-11-17-34-27)28-15-9-12-18-35-28/h7-20,30,37H,21-22H2,1-6H3. The molecule has 3 aromatic heterocycles. The van der Waals surface area contributed by atoms with Crippen molar-refractivity contribution in [1.82, 2.24) is 19.9 Å². The van der Waals surface area contributed by atoms with E-state index in [0.717, 1.165) is 33.8 Å². The van der Waals surface area contributed by atoms with Crippen molar-refractivity contribution in [1.29, 1.82) is 0 Å². The predicted octanol–water partition coefficient (Wildman–Crippen LogP) is 6.96. The van der Waals surface area contributed by atoms with Crippen molar-refractivity contribution in [3.8, 4) is 5.75 Å². The molecular formula is C32H38N4O. The summed E-state index contributed by atoms with van der Waals surface area (Å²) in [7, 11) is 0. The number of pyridine rings is 3. The number of phenols is 1. The van der Waals surface area contributed by atoms with Crippen LogP contribution in [-0.2, 0) is 23.9 Å². The molecule has 0 unspecified atom stereocenters. The maximum Gasteiger partial charge on any atom is 0.120 e. The number of aromatic hydroxyl groups is 1. The second-order valence-corrected chi connectivity index (χ2v) is 11.7. The lowest BCUT2D eigenvalue weighted by Gasteiger charge is -2.34. The molecule has 1 N–H and O–H groups in total. The van der Waals surface area contributed by atoms with Crippen LogP contribution in [0.3, 0.4) is 0 Å². The topological polar surface area (TPSA) is 62.1 Å². The molecule has 0 spiro atoms. The van der Waals surface area contributed by atoms with Crippen LogP contribution in [0.15, 0.2) is 85.3 Å². The maximum atomic E-state index is 11.5. The minimum Gasteiger partial charge on any atom is -0.508 e. The number of nitrogens with zero attached hydrogens (tertiary/aromatic N) is 4. The van der Waals surface area contributed by atoms with Crippen LogP contribution < -0.4 is 0 Å². The number of benzene rings is 1. The average molecular weight is 495 g/mol. The predicted molar refractivity (Wildman–Crippen MR) is 149 cm³/mol. The van der Waals surface area contributed by atoms with E-state index in [1.165, 1.54) is 0 Å². The van der Waals surface area contributed by atoms with E-state index in [4.69, 9.17) is 9.97 Å². The Hall–Kier alpha value is -3.57. The normalized spacial score (nSPS) is 12.3. The summed E-state index contributed by atoms with van der Waals surface area (Å²) in [6.45, 7) is 14.2. The number of hydrogen-bond acceptors (Lipinski definition) is 5. The van der Waals surface area contributed by atoms with E-state index in [0.29, 0.717) is 18.8 Å². The van der Waals surface area contributed by atoms with E-state index in [1.807, 2.05) is 79.3 Å². The molecule has 192 valence electrons. The molecule has 0 atom stereocenters. The zero-order valence-corrected chi connectivity index (χ0v) is 22.8. The van der Waals surface area contributed by atoms with Crippen LogP contribution in [-0.4, -0.2) is 25.0 Å². The summed E-state index contributed by atoms with van der Waals surface area (Å²) in [5.41, 5.74) is 5.71. The summed E-state index contributed by atoms with van der Waals surface area (Å²) in [5, 5.41) is 11.5. The molecule has 5 heteroatoms. The van der Waals surface area contributed by atoms with Crippen molar-refractivity contribution in [3.63, 3.8) is 0 Å². The fraction of sp³-hybridized carbons (Fsp3) is 0.344. The average Bonchev–Trinajstić information content (AvgIpc) is 2.86. The smallest absolute Gasteiger partial charge is 0.120 e. The molecule has 5 nitrogen and oxygen atoms in total. The van der Waals surface area contributed by atoms with Crippen LogP contribution >= 0.6 is 0 Å². The summed E-state index contributed by atoms with van der Waals surface area (Å²) in [6, 6.07) is 21.9. The Morgan fingerprint density at radius 1 is 0.703 bits per heavy atom. The fourth-order valence-electron chi connectivity index (χ4n) is 4.67. The van der Waals surface area contributed by atoms with Crippen LogP contribution in [0.25, 0.3) is 0 Å². The summed E-state index contributed by atoms with van der Waals surface area (Å²) in [6.07, 6.45) is 5.46. The van der Waals surface area contributed by atoms with Crippen LogP contribution in [0.2, 0.25) is 0 Å². The molecule has 4 rings (SSSR count). The molecule has 1 aromatic carbocycles. The molecule has 0 amide bonds. The third-order valence-electron chi connectivity index (χ3n) is 6.65. The summed E-state index contributed by atoms with van der Waals surface area (Å²) in [5.74, 6) is 0.323. The van der Waals surface area contributed by atoms with E-state index >= 15 is 0 Å². The quantitative estimate of drug-likeness (QED) is 0.301. The molecule has 0 aliphatic carbocycles. The Morgan fingerprint density at radius 3 is 1.73 bits per heavy atom. The van der Waals surface area contributed by atoms with Gasteiger partial charge in [0.15, 0.2) is 0 Å². The molecular weight excluding hydrogens is 456 g/mol. The Kier molecular flexibility index (Phi) is 7.74. The SMILES string of the molecule is CC(C)(C)c1cc(O)c(CN(Cc2ccccn2)C(c2ccccn2)c2ccccn2)c(C(C)(C)C)c1. The summed E-state index contributed by atoms with van der Waals surface area (Å²) >= 11 is 0. The van der Waals surface area contributed by atoms with Gasteiger partial charge in [-0.25, -0.2) is 0 Å². The van der Waals surface area contributed by atoms with Crippen molar-refractivity contribution < 1.29 is 5.11 Å². The van der Waals surface area contributed by atoms with Gasteiger partial charge in [-0.2, -0.15) is 0 Å². The molecule has 0 saturated heterocycles. The van der Waals surface area contributed by atoms with Gasteiger partial charge in [-0.15, -0.1) is 0 Å². The van der Waals surface area contributed by atoms with Crippen LogP contribution in [0, 0.1) is 0 Å². The van der Waals surface area contributed by atoms with Gasteiger partial charge in [-0.1, -0.05) is 65.8 Å². The minimum atomic E-state index is -0.223. The highest BCUT2D eigenvalue weighted by molar-refractivity contribution is 5.48. The molecule has 0 aliphatic rings. The van der Waals surface area contributed by atoms with E-state index in [1.54, 1.807) is 0 Å². The third kappa shape index (κ3) is 6.41. The molecule has 0 bridgehead atoms. The Labute approximate surface area is 221 Å². The number of aromatic nitrogens is 3. The van der Waals surface area contributed by atoms with Gasteiger partial charge in [0.1, 0.15) is 5.75 Å². The Bertz CT molecular complexity index is 1250. The van der Waals surface area contributed by atoms with Gasteiger partial charge in [0, 0.05) is 37.2 Å². The van der Waals surface area contributed by atoms with E-state index in [-0.39, 0.29) is 16.9 Å². The zero-order valence-electron chi connectivity index (χ0n) is 22.8. The number of rotatable bonds is 7. The highest BCUT2D eigenvalue weighted by Crippen LogP contribution is 2.39. The van der Waals surface area contributed by atoms with Gasteiger partial charge in [0.25, 0.3) is 0 Å². The zero-order chi connectivity index (χ0) is 26.6. The Balaban J connectivity index is 1.89. The monoisotopic (exact) mass is 494 g/mol. The fourth-order valence-corrected chi connectivity index (χ4v) is 4.67. The third-order valence-corrected chi connectivity index (χ3v) is 6.65. The second-order valence-electron chi connectivity index (χ2n) is 11.7. The lowest BCUT2D eigenvalue weighted by atomic mass is 9.78. The van der Waals surface area contributed by atoms with Crippen LogP contribution in [0.1, 0.15) is 81.4 Å². The van der Waals surface area contributed by atoms with Crippen molar-refractivity contribution in [2.75, 3.05) is 0 Å². The molecule has 3 heterocycles. The first kappa shape index (κ1) is 26.5. The maximum absolute atomic E-state index is 11.5. The molecule has 0 radical (unpaired) electrons. The van der Waals surface area contributed by atoms with Crippen LogP contribution in [0.5, 0.6) is 5.75 Å². The Morgan fingerprint density at radius 2 is 1.27 bits per heavy atom. The van der Waals surface area contributed by atoms with Gasteiger partial charge in [0.2, 0.25) is 0 Å². The first-order chi connectivity index (χ1) is 17.5. The van der Waals surface area contributed by atoms with Crippen molar-refractivity contribution in [2.45, 2.75) is 71.5 Å². The van der Waals surface area contributed by atoms with Crippen molar-refractivity contribution >= 4 is 0 Å². The largest absolute Gasteiger partial charge is 0.508 e. The summed E-state index contributed by atoms with van der Waals surface area (Å²) < 4.78 is 0. The van der Waals surface area contributed by atoms with E-state index in [9.17, 15) is 5.11 Å². The second kappa shape index (κ2) is 10.8. The first-order valence-corrected chi connectivity index (χ1v) is 12.9. The van der Waals surface area contributed by atoms with Crippen LogP contribution in [0.4, 0.5) is 0 Å². The molecule has 0 fully saturated rings. The molecule has 4 aromatic rings. The molecule has 37 heavy (non-hydrogen) atoms. The van der Waals surface area contributed by atoms with Gasteiger partial charge in [-0.3, -0.25) is 19.9 Å². The minimum absolute atomic E-state index is 0.0753. The lowest BCUT2D eigenvalue weighted by Crippen LogP contribution is -2.32. The number of phenolic OH excluding ortho intramolecular Hbond substituents is 1. The highest BCUT2D eigenvalue weighted by Gasteiger charge is 2.30. The van der Waals surface area contributed by atoms with E-state index < -0.39 is 0 Å². The molecule has 0 aliphatic heterocycles. The van der Waals surface area contributed by atoms with Gasteiger partial charge in [-0.05, 0) is 64.4 Å². The number of hydrogen-bond donors (Lipinski definition) is 1.